The topological polar surface area (TPSA) is 77.2 Å². The zero-order chi connectivity index (χ0) is 18.4. The number of anilines is 1. The maximum Gasteiger partial charge on any atom is 0.255 e. The molecule has 0 spiro atoms. The number of ether oxygens (including phenoxy) is 1. The van der Waals surface area contributed by atoms with Crippen molar-refractivity contribution in [2.24, 2.45) is 0 Å². The van der Waals surface area contributed by atoms with Gasteiger partial charge in [0, 0.05) is 12.7 Å². The molecule has 3 aromatic rings. The van der Waals surface area contributed by atoms with Gasteiger partial charge in [0.05, 0.1) is 5.56 Å². The summed E-state index contributed by atoms with van der Waals surface area (Å²) in [6.07, 6.45) is 1.56. The van der Waals surface area contributed by atoms with Crippen LogP contribution >= 0.6 is 0 Å². The summed E-state index contributed by atoms with van der Waals surface area (Å²) in [4.78, 5) is 16.1. The first-order valence-corrected chi connectivity index (χ1v) is 8.38. The molecule has 1 heterocycles. The van der Waals surface area contributed by atoms with E-state index < -0.39 is 0 Å². The van der Waals surface area contributed by atoms with Crippen molar-refractivity contribution in [3.8, 4) is 5.75 Å². The highest BCUT2D eigenvalue weighted by Gasteiger charge is 2.09. The first-order valence-electron chi connectivity index (χ1n) is 8.38. The second kappa shape index (κ2) is 8.16. The molecule has 0 unspecified atom stereocenters. The highest BCUT2D eigenvalue weighted by atomic mass is 16.5. The SMILES string of the molecule is Cc1cccc(COc2ccc(CNC(=O)c3cccnc3N)cc2)c1. The smallest absolute Gasteiger partial charge is 0.255 e. The minimum atomic E-state index is -0.240. The van der Waals surface area contributed by atoms with Crippen LogP contribution in [0.4, 0.5) is 5.82 Å². The van der Waals surface area contributed by atoms with Crippen LogP contribution in [0.25, 0.3) is 0 Å². The van der Waals surface area contributed by atoms with Gasteiger partial charge >= 0.3 is 0 Å². The monoisotopic (exact) mass is 347 g/mol. The van der Waals surface area contributed by atoms with E-state index >= 15 is 0 Å². The number of nitrogen functional groups attached to an aromatic ring is 1. The highest BCUT2D eigenvalue weighted by Crippen LogP contribution is 2.15. The van der Waals surface area contributed by atoms with Gasteiger partial charge in [0.25, 0.3) is 5.91 Å². The molecule has 0 atom stereocenters. The normalized spacial score (nSPS) is 10.3. The molecule has 132 valence electrons. The lowest BCUT2D eigenvalue weighted by Crippen LogP contribution is -2.24. The fourth-order valence-electron chi connectivity index (χ4n) is 2.56. The fraction of sp³-hybridized carbons (Fsp3) is 0.143. The lowest BCUT2D eigenvalue weighted by molar-refractivity contribution is 0.0951. The van der Waals surface area contributed by atoms with Gasteiger partial charge in [-0.1, -0.05) is 42.0 Å². The van der Waals surface area contributed by atoms with E-state index in [2.05, 4.69) is 29.4 Å². The van der Waals surface area contributed by atoms with Crippen molar-refractivity contribution >= 4 is 11.7 Å². The lowest BCUT2D eigenvalue weighted by Gasteiger charge is -2.09. The Morgan fingerprint density at radius 2 is 1.88 bits per heavy atom. The lowest BCUT2D eigenvalue weighted by atomic mass is 10.1. The van der Waals surface area contributed by atoms with Gasteiger partial charge in [0.2, 0.25) is 0 Å². The predicted molar refractivity (Wildman–Crippen MR) is 102 cm³/mol. The zero-order valence-corrected chi connectivity index (χ0v) is 14.6. The van der Waals surface area contributed by atoms with E-state index in [9.17, 15) is 4.79 Å². The van der Waals surface area contributed by atoms with Crippen LogP contribution < -0.4 is 15.8 Å². The second-order valence-corrected chi connectivity index (χ2v) is 6.04. The van der Waals surface area contributed by atoms with Crippen LogP contribution in [0.1, 0.15) is 27.0 Å². The number of nitrogens with one attached hydrogen (secondary N) is 1. The van der Waals surface area contributed by atoms with E-state index in [1.54, 1.807) is 18.3 Å². The van der Waals surface area contributed by atoms with Gasteiger partial charge in [-0.15, -0.1) is 0 Å². The third kappa shape index (κ3) is 4.60. The van der Waals surface area contributed by atoms with Crippen molar-refractivity contribution in [2.45, 2.75) is 20.1 Å². The van der Waals surface area contributed by atoms with Crippen LogP contribution in [0.15, 0.2) is 66.9 Å². The van der Waals surface area contributed by atoms with Crippen molar-refractivity contribution in [1.29, 1.82) is 0 Å². The molecule has 3 rings (SSSR count). The summed E-state index contributed by atoms with van der Waals surface area (Å²) < 4.78 is 5.80. The number of nitrogens with zero attached hydrogens (tertiary/aromatic N) is 1. The molecule has 0 saturated carbocycles. The number of carbonyl (C=O) groups is 1. The molecule has 26 heavy (non-hydrogen) atoms. The number of aromatic nitrogens is 1. The number of nitrogens with two attached hydrogens (primary N) is 1. The van der Waals surface area contributed by atoms with E-state index in [0.29, 0.717) is 18.7 Å². The number of benzene rings is 2. The quantitative estimate of drug-likeness (QED) is 0.716. The van der Waals surface area contributed by atoms with Gasteiger partial charge in [0.1, 0.15) is 18.2 Å². The summed E-state index contributed by atoms with van der Waals surface area (Å²) >= 11 is 0. The van der Waals surface area contributed by atoms with Gasteiger partial charge in [0.15, 0.2) is 0 Å². The van der Waals surface area contributed by atoms with Gasteiger partial charge in [-0.25, -0.2) is 4.98 Å². The Kier molecular flexibility index (Phi) is 5.49. The van der Waals surface area contributed by atoms with Gasteiger partial charge in [-0.2, -0.15) is 0 Å². The summed E-state index contributed by atoms with van der Waals surface area (Å²) in [6, 6.07) is 19.2. The molecule has 1 amide bonds. The van der Waals surface area contributed by atoms with Crippen LogP contribution in [-0.2, 0) is 13.2 Å². The largest absolute Gasteiger partial charge is 0.489 e. The van der Waals surface area contributed by atoms with Crippen LogP contribution in [0, 0.1) is 6.92 Å². The van der Waals surface area contributed by atoms with E-state index in [-0.39, 0.29) is 11.7 Å². The van der Waals surface area contributed by atoms with Crippen molar-refractivity contribution in [3.63, 3.8) is 0 Å². The third-order valence-electron chi connectivity index (χ3n) is 3.95. The van der Waals surface area contributed by atoms with E-state index in [0.717, 1.165) is 16.9 Å². The number of rotatable bonds is 6. The molecule has 0 saturated heterocycles. The van der Waals surface area contributed by atoms with Crippen LogP contribution in [-0.4, -0.2) is 10.9 Å². The Labute approximate surface area is 152 Å². The average molecular weight is 347 g/mol. The van der Waals surface area contributed by atoms with E-state index in [1.165, 1.54) is 5.56 Å². The zero-order valence-electron chi connectivity index (χ0n) is 14.6. The molecule has 0 bridgehead atoms. The molecule has 0 aliphatic heterocycles. The Morgan fingerprint density at radius 3 is 2.62 bits per heavy atom. The Balaban J connectivity index is 1.53. The second-order valence-electron chi connectivity index (χ2n) is 6.04. The van der Waals surface area contributed by atoms with E-state index in [1.807, 2.05) is 36.4 Å². The van der Waals surface area contributed by atoms with Gasteiger partial charge in [-0.05, 0) is 42.3 Å². The molecule has 0 radical (unpaired) electrons. The van der Waals surface area contributed by atoms with Crippen molar-refractivity contribution in [1.82, 2.24) is 10.3 Å². The molecule has 1 aromatic heterocycles. The van der Waals surface area contributed by atoms with Crippen molar-refractivity contribution in [2.75, 3.05) is 5.73 Å². The van der Waals surface area contributed by atoms with Crippen LogP contribution in [0.2, 0.25) is 0 Å². The molecule has 0 aliphatic carbocycles. The maximum atomic E-state index is 12.1. The summed E-state index contributed by atoms with van der Waals surface area (Å²) in [5, 5.41) is 2.84. The summed E-state index contributed by atoms with van der Waals surface area (Å²) in [6.45, 7) is 3.00. The maximum absolute atomic E-state index is 12.1. The Bertz CT molecular complexity index is 892. The standard InChI is InChI=1S/C21H21N3O2/c1-15-4-2-5-17(12-15)14-26-18-9-7-16(8-10-18)13-24-21(25)19-6-3-11-23-20(19)22/h2-12H,13-14H2,1H3,(H2,22,23)(H,24,25). The third-order valence-corrected chi connectivity index (χ3v) is 3.95. The minimum absolute atomic E-state index is 0.227. The fourth-order valence-corrected chi connectivity index (χ4v) is 2.56. The number of amides is 1. The summed E-state index contributed by atoms with van der Waals surface area (Å²) in [5.41, 5.74) is 9.42. The summed E-state index contributed by atoms with van der Waals surface area (Å²) in [7, 11) is 0. The predicted octanol–water partition coefficient (Wildman–Crippen LogP) is 3.48. The number of carbonyl (C=O) groups excluding carboxylic acids is 1. The Hall–Kier alpha value is -3.34. The van der Waals surface area contributed by atoms with Crippen molar-refractivity contribution < 1.29 is 9.53 Å². The molecule has 0 fully saturated rings. The minimum Gasteiger partial charge on any atom is -0.489 e. The number of pyridine rings is 1. The molecule has 2 aromatic carbocycles. The molecular weight excluding hydrogens is 326 g/mol. The average Bonchev–Trinajstić information content (AvgIpc) is 2.66. The highest BCUT2D eigenvalue weighted by molar-refractivity contribution is 5.98. The van der Waals surface area contributed by atoms with Crippen LogP contribution in [0.3, 0.4) is 0 Å². The summed E-state index contributed by atoms with van der Waals surface area (Å²) in [5.74, 6) is 0.776. The van der Waals surface area contributed by atoms with E-state index in [4.69, 9.17) is 10.5 Å². The van der Waals surface area contributed by atoms with Gasteiger partial charge in [-0.3, -0.25) is 4.79 Å². The Morgan fingerprint density at radius 1 is 1.08 bits per heavy atom. The number of hydrogen-bond donors (Lipinski definition) is 2. The van der Waals surface area contributed by atoms with Crippen molar-refractivity contribution in [3.05, 3.63) is 89.1 Å². The first-order chi connectivity index (χ1) is 12.6. The number of aryl methyl sites for hydroxylation is 1. The van der Waals surface area contributed by atoms with Gasteiger partial charge < -0.3 is 15.8 Å². The molecule has 3 N–H and O–H groups in total. The molecule has 5 nitrogen and oxygen atoms in total. The first kappa shape index (κ1) is 17.5. The molecule has 0 aliphatic rings. The molecular formula is C21H21N3O2. The number of hydrogen-bond acceptors (Lipinski definition) is 4. The van der Waals surface area contributed by atoms with Crippen LogP contribution in [0.5, 0.6) is 5.75 Å². The molecule has 5 heteroatoms.